The fraction of sp³-hybridized carbons (Fsp3) is 1.00. The molecule has 0 aromatic carbocycles. The predicted molar refractivity (Wildman–Crippen MR) is 109 cm³/mol. The fourth-order valence-electron chi connectivity index (χ4n) is 3.60. The summed E-state index contributed by atoms with van der Waals surface area (Å²) < 4.78 is 10.8. The first-order valence-electron chi connectivity index (χ1n) is 11.2. The molecule has 0 aliphatic carbocycles. The summed E-state index contributed by atoms with van der Waals surface area (Å²) in [7, 11) is 0. The molecule has 1 aliphatic heterocycles. The van der Waals surface area contributed by atoms with Crippen LogP contribution in [0.4, 0.5) is 0 Å². The number of rotatable bonds is 17. The van der Waals surface area contributed by atoms with Crippen molar-refractivity contribution in [3.8, 4) is 0 Å². The maximum absolute atomic E-state index is 5.65. The lowest BCUT2D eigenvalue weighted by atomic mass is 9.91. The molecule has 0 amide bonds. The lowest BCUT2D eigenvalue weighted by molar-refractivity contribution is 0.105. The molecule has 0 N–H and O–H groups in total. The van der Waals surface area contributed by atoms with Crippen LogP contribution in [0.1, 0.15) is 98.8 Å². The van der Waals surface area contributed by atoms with Gasteiger partial charge in [-0.15, -0.1) is 0 Å². The summed E-state index contributed by atoms with van der Waals surface area (Å²) in [6.07, 6.45) is 14.3. The first-order valence-corrected chi connectivity index (χ1v) is 11.2. The SMILES string of the molecule is CC(C)CCCC(C)CCCC(C)CCCC(C)CCOCC1CO1. The van der Waals surface area contributed by atoms with Gasteiger partial charge in [-0.05, 0) is 30.1 Å². The molecule has 1 heterocycles. The van der Waals surface area contributed by atoms with E-state index in [9.17, 15) is 0 Å². The molecule has 0 spiro atoms. The van der Waals surface area contributed by atoms with E-state index in [2.05, 4.69) is 34.6 Å². The van der Waals surface area contributed by atoms with Crippen LogP contribution in [-0.2, 0) is 9.47 Å². The minimum atomic E-state index is 0.411. The van der Waals surface area contributed by atoms with Gasteiger partial charge in [0.15, 0.2) is 0 Å². The molecular weight excluding hydrogens is 308 g/mol. The average Bonchev–Trinajstić information content (AvgIpc) is 3.35. The lowest BCUT2D eigenvalue weighted by Crippen LogP contribution is -2.07. The van der Waals surface area contributed by atoms with Gasteiger partial charge in [0.25, 0.3) is 0 Å². The smallest absolute Gasteiger partial charge is 0.104 e. The zero-order valence-electron chi connectivity index (χ0n) is 17.9. The Morgan fingerprint density at radius 1 is 0.720 bits per heavy atom. The van der Waals surface area contributed by atoms with E-state index >= 15 is 0 Å². The van der Waals surface area contributed by atoms with E-state index < -0.39 is 0 Å². The van der Waals surface area contributed by atoms with Crippen LogP contribution in [-0.4, -0.2) is 25.9 Å². The highest BCUT2D eigenvalue weighted by atomic mass is 16.6. The zero-order chi connectivity index (χ0) is 18.5. The van der Waals surface area contributed by atoms with Gasteiger partial charge >= 0.3 is 0 Å². The molecule has 1 aliphatic rings. The molecule has 4 atom stereocenters. The monoisotopic (exact) mass is 354 g/mol. The van der Waals surface area contributed by atoms with Gasteiger partial charge in [0.2, 0.25) is 0 Å². The average molecular weight is 355 g/mol. The molecule has 1 saturated heterocycles. The van der Waals surface area contributed by atoms with Gasteiger partial charge in [0.05, 0.1) is 13.2 Å². The number of epoxide rings is 1. The van der Waals surface area contributed by atoms with Crippen molar-refractivity contribution in [2.45, 2.75) is 105 Å². The molecule has 1 rings (SSSR count). The van der Waals surface area contributed by atoms with Crippen molar-refractivity contribution >= 4 is 0 Å². The van der Waals surface area contributed by atoms with Crippen LogP contribution in [0.5, 0.6) is 0 Å². The topological polar surface area (TPSA) is 21.8 Å². The van der Waals surface area contributed by atoms with E-state index in [0.29, 0.717) is 6.10 Å². The maximum atomic E-state index is 5.65. The van der Waals surface area contributed by atoms with E-state index in [-0.39, 0.29) is 0 Å². The molecule has 0 radical (unpaired) electrons. The van der Waals surface area contributed by atoms with Gasteiger partial charge in [-0.3, -0.25) is 0 Å². The summed E-state index contributed by atoms with van der Waals surface area (Å²) in [5, 5.41) is 0. The Bertz CT molecular complexity index is 298. The third-order valence-electron chi connectivity index (χ3n) is 5.73. The summed E-state index contributed by atoms with van der Waals surface area (Å²) in [6, 6.07) is 0. The Hall–Kier alpha value is -0.0800. The Balaban J connectivity index is 1.87. The van der Waals surface area contributed by atoms with Crippen LogP contribution < -0.4 is 0 Å². The maximum Gasteiger partial charge on any atom is 0.104 e. The molecule has 25 heavy (non-hydrogen) atoms. The predicted octanol–water partition coefficient (Wildman–Crippen LogP) is 6.87. The minimum Gasteiger partial charge on any atom is -0.379 e. The second-order valence-electron chi connectivity index (χ2n) is 9.32. The highest BCUT2D eigenvalue weighted by Crippen LogP contribution is 2.22. The van der Waals surface area contributed by atoms with Gasteiger partial charge in [0, 0.05) is 6.61 Å². The minimum absolute atomic E-state index is 0.411. The van der Waals surface area contributed by atoms with Gasteiger partial charge in [-0.2, -0.15) is 0 Å². The number of hydrogen-bond donors (Lipinski definition) is 0. The summed E-state index contributed by atoms with van der Waals surface area (Å²) in [4.78, 5) is 0. The fourth-order valence-corrected chi connectivity index (χ4v) is 3.60. The first-order chi connectivity index (χ1) is 12.0. The summed E-state index contributed by atoms with van der Waals surface area (Å²) in [6.45, 7) is 14.6. The van der Waals surface area contributed by atoms with Crippen LogP contribution in [0.3, 0.4) is 0 Å². The van der Waals surface area contributed by atoms with Crippen LogP contribution in [0, 0.1) is 23.7 Å². The molecule has 0 bridgehead atoms. The number of hydrogen-bond acceptors (Lipinski definition) is 2. The quantitative estimate of drug-likeness (QED) is 0.210. The molecule has 1 fully saturated rings. The third-order valence-corrected chi connectivity index (χ3v) is 5.73. The Morgan fingerprint density at radius 3 is 1.60 bits per heavy atom. The highest BCUT2D eigenvalue weighted by Gasteiger charge is 2.22. The lowest BCUT2D eigenvalue weighted by Gasteiger charge is -2.16. The molecule has 0 aromatic rings. The standard InChI is InChI=1S/C23H46O2/c1-19(2)9-6-10-20(3)11-7-12-21(4)13-8-14-22(5)15-16-24-17-23-18-25-23/h19-23H,6-18H2,1-5H3. The van der Waals surface area contributed by atoms with Gasteiger partial charge in [-0.1, -0.05) is 92.4 Å². The van der Waals surface area contributed by atoms with Crippen molar-refractivity contribution < 1.29 is 9.47 Å². The van der Waals surface area contributed by atoms with E-state index in [1.165, 1.54) is 64.2 Å². The van der Waals surface area contributed by atoms with Crippen molar-refractivity contribution in [1.82, 2.24) is 0 Å². The Morgan fingerprint density at radius 2 is 1.16 bits per heavy atom. The zero-order valence-corrected chi connectivity index (χ0v) is 17.9. The third kappa shape index (κ3) is 14.7. The van der Waals surface area contributed by atoms with Gasteiger partial charge in [-0.25, -0.2) is 0 Å². The molecule has 0 saturated carbocycles. The van der Waals surface area contributed by atoms with E-state index in [1.54, 1.807) is 0 Å². The van der Waals surface area contributed by atoms with Crippen molar-refractivity contribution in [2.75, 3.05) is 19.8 Å². The van der Waals surface area contributed by atoms with Crippen molar-refractivity contribution in [3.63, 3.8) is 0 Å². The summed E-state index contributed by atoms with van der Waals surface area (Å²) in [5.41, 5.74) is 0. The molecular formula is C23H46O2. The molecule has 4 unspecified atom stereocenters. The summed E-state index contributed by atoms with van der Waals surface area (Å²) in [5.74, 6) is 3.49. The van der Waals surface area contributed by atoms with E-state index in [4.69, 9.17) is 9.47 Å². The van der Waals surface area contributed by atoms with Gasteiger partial charge < -0.3 is 9.47 Å². The van der Waals surface area contributed by atoms with Crippen LogP contribution in [0.25, 0.3) is 0 Å². The molecule has 150 valence electrons. The normalized spacial score (nSPS) is 20.6. The van der Waals surface area contributed by atoms with Crippen LogP contribution in [0.2, 0.25) is 0 Å². The largest absolute Gasteiger partial charge is 0.379 e. The Labute approximate surface area is 158 Å². The Kier molecular flexibility index (Phi) is 12.9. The molecule has 2 heteroatoms. The molecule has 2 nitrogen and oxygen atoms in total. The van der Waals surface area contributed by atoms with Crippen LogP contribution >= 0.6 is 0 Å². The van der Waals surface area contributed by atoms with Crippen molar-refractivity contribution in [1.29, 1.82) is 0 Å². The highest BCUT2D eigenvalue weighted by molar-refractivity contribution is 4.67. The van der Waals surface area contributed by atoms with Crippen LogP contribution in [0.15, 0.2) is 0 Å². The first kappa shape index (κ1) is 23.0. The second-order valence-corrected chi connectivity index (χ2v) is 9.32. The van der Waals surface area contributed by atoms with E-state index in [0.717, 1.165) is 43.5 Å². The van der Waals surface area contributed by atoms with E-state index in [1.807, 2.05) is 0 Å². The summed E-state index contributed by atoms with van der Waals surface area (Å²) >= 11 is 0. The van der Waals surface area contributed by atoms with Gasteiger partial charge in [0.1, 0.15) is 6.10 Å². The molecule has 0 aromatic heterocycles. The van der Waals surface area contributed by atoms with Crippen molar-refractivity contribution in [2.24, 2.45) is 23.7 Å². The van der Waals surface area contributed by atoms with Crippen molar-refractivity contribution in [3.05, 3.63) is 0 Å². The second kappa shape index (κ2) is 14.0. The number of ether oxygens (including phenoxy) is 2.